The predicted molar refractivity (Wildman–Crippen MR) is 146 cm³/mol. The molecule has 0 spiro atoms. The lowest BCUT2D eigenvalue weighted by Crippen LogP contribution is -2.50. The maximum Gasteiger partial charge on any atom is 0.408 e. The number of benzene rings is 1. The molecule has 0 saturated carbocycles. The van der Waals surface area contributed by atoms with Gasteiger partial charge in [-0.05, 0) is 55.6 Å². The lowest BCUT2D eigenvalue weighted by molar-refractivity contribution is -0.135. The fourth-order valence-corrected chi connectivity index (χ4v) is 5.09. The first-order valence-corrected chi connectivity index (χ1v) is 13.7. The molecule has 2 heterocycles. The fraction of sp³-hybridized carbons (Fsp3) is 0.370. The van der Waals surface area contributed by atoms with Crippen molar-refractivity contribution in [3.05, 3.63) is 80.7 Å². The molecule has 8 nitrogen and oxygen atoms in total. The largest absolute Gasteiger partial charge is 0.465 e. The molecule has 2 N–H and O–H groups in total. The molecule has 0 saturated heterocycles. The van der Waals surface area contributed by atoms with Gasteiger partial charge in [0, 0.05) is 22.8 Å². The quantitative estimate of drug-likeness (QED) is 0.318. The van der Waals surface area contributed by atoms with E-state index in [2.05, 4.69) is 5.32 Å². The number of rotatable bonds is 11. The smallest absolute Gasteiger partial charge is 0.408 e. The van der Waals surface area contributed by atoms with E-state index in [4.69, 9.17) is 4.74 Å². The summed E-state index contributed by atoms with van der Waals surface area (Å²) in [7, 11) is 0. The van der Waals surface area contributed by atoms with Gasteiger partial charge in [0.2, 0.25) is 5.91 Å². The second kappa shape index (κ2) is 13.3. The second-order valence-electron chi connectivity index (χ2n) is 9.53. The van der Waals surface area contributed by atoms with Crippen molar-refractivity contribution in [3.8, 4) is 0 Å². The Balaban J connectivity index is 1.80. The summed E-state index contributed by atoms with van der Waals surface area (Å²) in [6.45, 7) is 6.24. The highest BCUT2D eigenvalue weighted by molar-refractivity contribution is 7.10. The average Bonchev–Trinajstić information content (AvgIpc) is 3.54. The van der Waals surface area contributed by atoms with E-state index >= 15 is 0 Å². The van der Waals surface area contributed by atoms with Crippen LogP contribution in [0.2, 0.25) is 0 Å². The molecule has 1 atom stereocenters. The van der Waals surface area contributed by atoms with Crippen LogP contribution in [0.4, 0.5) is 9.59 Å². The minimum Gasteiger partial charge on any atom is -0.465 e. The summed E-state index contributed by atoms with van der Waals surface area (Å²) in [6.07, 6.45) is -1.72. The van der Waals surface area contributed by atoms with Crippen molar-refractivity contribution in [2.24, 2.45) is 0 Å². The second-order valence-corrected chi connectivity index (χ2v) is 11.6. The Kier molecular flexibility index (Phi) is 10.1. The number of amides is 3. The molecule has 37 heavy (non-hydrogen) atoms. The number of carbonyl (C=O) groups excluding carboxylic acids is 2. The molecule has 0 fully saturated rings. The third kappa shape index (κ3) is 9.55. The lowest BCUT2D eigenvalue weighted by Gasteiger charge is -2.30. The Morgan fingerprint density at radius 3 is 1.97 bits per heavy atom. The standard InChI is InChI=1S/C27H33N3O5S2/c1-27(2,3)35-25(32)28-23(13-14-29(26(33)34)17-20-9-5-4-6-10-20)24(31)30(18-21-11-7-15-36-21)19-22-12-8-16-37-22/h4-12,15-16,23H,13-14,17-19H2,1-3H3,(H,28,32)(H,33,34)/t23-/m0/s1. The van der Waals surface area contributed by atoms with Gasteiger partial charge in [-0.2, -0.15) is 0 Å². The third-order valence-corrected chi connectivity index (χ3v) is 7.05. The van der Waals surface area contributed by atoms with Gasteiger partial charge in [-0.15, -0.1) is 22.7 Å². The van der Waals surface area contributed by atoms with Crippen molar-refractivity contribution < 1.29 is 24.2 Å². The highest BCUT2D eigenvalue weighted by Gasteiger charge is 2.30. The summed E-state index contributed by atoms with van der Waals surface area (Å²) in [5.74, 6) is -0.294. The highest BCUT2D eigenvalue weighted by Crippen LogP contribution is 2.19. The van der Waals surface area contributed by atoms with Crippen molar-refractivity contribution in [2.45, 2.75) is 58.5 Å². The van der Waals surface area contributed by atoms with Crippen LogP contribution in [0.5, 0.6) is 0 Å². The number of thiophene rings is 2. The van der Waals surface area contributed by atoms with Gasteiger partial charge in [0.15, 0.2) is 0 Å². The van der Waals surface area contributed by atoms with E-state index < -0.39 is 23.8 Å². The number of hydrogen-bond donors (Lipinski definition) is 2. The minimum atomic E-state index is -1.10. The van der Waals surface area contributed by atoms with E-state index in [1.807, 2.05) is 65.4 Å². The zero-order chi connectivity index (χ0) is 26.8. The van der Waals surface area contributed by atoms with E-state index in [0.717, 1.165) is 15.3 Å². The van der Waals surface area contributed by atoms with E-state index in [-0.39, 0.29) is 25.4 Å². The molecule has 198 valence electrons. The molecule has 0 radical (unpaired) electrons. The summed E-state index contributed by atoms with van der Waals surface area (Å²) in [5, 5.41) is 16.4. The summed E-state index contributed by atoms with van der Waals surface area (Å²) < 4.78 is 5.41. The summed E-state index contributed by atoms with van der Waals surface area (Å²) in [5.41, 5.74) is 0.0935. The molecule has 3 aromatic rings. The van der Waals surface area contributed by atoms with Gasteiger partial charge in [-0.25, -0.2) is 9.59 Å². The first kappa shape index (κ1) is 28.2. The molecule has 0 unspecified atom stereocenters. The normalized spacial score (nSPS) is 12.0. The molecule has 0 aliphatic carbocycles. The zero-order valence-corrected chi connectivity index (χ0v) is 22.9. The Hall–Kier alpha value is -3.37. The third-order valence-electron chi connectivity index (χ3n) is 5.33. The van der Waals surface area contributed by atoms with Gasteiger partial charge in [0.1, 0.15) is 11.6 Å². The molecule has 0 aliphatic rings. The first-order chi connectivity index (χ1) is 17.6. The summed E-state index contributed by atoms with van der Waals surface area (Å²) >= 11 is 3.10. The van der Waals surface area contributed by atoms with Crippen LogP contribution in [-0.2, 0) is 29.2 Å². The molecule has 0 aliphatic heterocycles. The minimum absolute atomic E-state index is 0.0578. The molecule has 3 rings (SSSR count). The molecule has 0 bridgehead atoms. The number of carboxylic acid groups (broad SMARTS) is 1. The molecule has 1 aromatic carbocycles. The predicted octanol–water partition coefficient (Wildman–Crippen LogP) is 5.80. The number of nitrogens with one attached hydrogen (secondary N) is 1. The molecular weight excluding hydrogens is 510 g/mol. The molecular formula is C27H33N3O5S2. The molecule has 3 amide bonds. The van der Waals surface area contributed by atoms with Crippen LogP contribution < -0.4 is 5.32 Å². The van der Waals surface area contributed by atoms with Crippen molar-refractivity contribution in [3.63, 3.8) is 0 Å². The van der Waals surface area contributed by atoms with Crippen LogP contribution >= 0.6 is 22.7 Å². The highest BCUT2D eigenvalue weighted by atomic mass is 32.1. The average molecular weight is 544 g/mol. The van der Waals surface area contributed by atoms with E-state index in [1.165, 1.54) is 4.90 Å². The van der Waals surface area contributed by atoms with Crippen molar-refractivity contribution in [2.75, 3.05) is 6.54 Å². The maximum absolute atomic E-state index is 13.8. The summed E-state index contributed by atoms with van der Waals surface area (Å²) in [6, 6.07) is 16.1. The number of alkyl carbamates (subject to hydrolysis) is 1. The van der Waals surface area contributed by atoms with Gasteiger partial charge in [-0.3, -0.25) is 4.79 Å². The lowest BCUT2D eigenvalue weighted by atomic mass is 10.1. The Morgan fingerprint density at radius 2 is 1.49 bits per heavy atom. The van der Waals surface area contributed by atoms with Gasteiger partial charge >= 0.3 is 12.2 Å². The number of nitrogens with zero attached hydrogens (tertiary/aromatic N) is 2. The van der Waals surface area contributed by atoms with Crippen LogP contribution in [0.15, 0.2) is 65.4 Å². The van der Waals surface area contributed by atoms with Crippen LogP contribution in [0.3, 0.4) is 0 Å². The van der Waals surface area contributed by atoms with Crippen LogP contribution in [0.25, 0.3) is 0 Å². The topological polar surface area (TPSA) is 99.2 Å². The monoisotopic (exact) mass is 543 g/mol. The first-order valence-electron chi connectivity index (χ1n) is 12.0. The van der Waals surface area contributed by atoms with E-state index in [9.17, 15) is 19.5 Å². The molecule has 2 aromatic heterocycles. The Bertz CT molecular complexity index is 1090. The number of hydrogen-bond acceptors (Lipinski definition) is 6. The van der Waals surface area contributed by atoms with Gasteiger partial charge < -0.3 is 25.0 Å². The summed E-state index contributed by atoms with van der Waals surface area (Å²) in [4.78, 5) is 43.4. The fourth-order valence-electron chi connectivity index (χ4n) is 3.65. The van der Waals surface area contributed by atoms with Crippen molar-refractivity contribution in [1.82, 2.24) is 15.1 Å². The van der Waals surface area contributed by atoms with Crippen LogP contribution in [0, 0.1) is 0 Å². The van der Waals surface area contributed by atoms with Crippen LogP contribution in [-0.4, -0.2) is 51.2 Å². The number of carbonyl (C=O) groups is 3. The van der Waals surface area contributed by atoms with E-state index in [1.54, 1.807) is 48.3 Å². The maximum atomic E-state index is 13.8. The Labute approximate surface area is 225 Å². The van der Waals surface area contributed by atoms with Gasteiger partial charge in [0.05, 0.1) is 13.1 Å². The Morgan fingerprint density at radius 1 is 0.892 bits per heavy atom. The molecule has 10 heteroatoms. The SMILES string of the molecule is CC(C)(C)OC(=O)N[C@@H](CCN(Cc1ccccc1)C(=O)O)C(=O)N(Cc1cccs1)Cc1cccs1. The zero-order valence-electron chi connectivity index (χ0n) is 21.3. The van der Waals surface area contributed by atoms with Crippen LogP contribution in [0.1, 0.15) is 42.5 Å². The number of ether oxygens (including phenoxy) is 1. The van der Waals surface area contributed by atoms with Gasteiger partial charge in [0.25, 0.3) is 0 Å². The van der Waals surface area contributed by atoms with Crippen molar-refractivity contribution >= 4 is 40.8 Å². The van der Waals surface area contributed by atoms with E-state index in [0.29, 0.717) is 13.1 Å². The van der Waals surface area contributed by atoms with Gasteiger partial charge in [-0.1, -0.05) is 42.5 Å². The van der Waals surface area contributed by atoms with Crippen molar-refractivity contribution in [1.29, 1.82) is 0 Å².